The third-order valence-electron chi connectivity index (χ3n) is 6.63. The SMILES string of the molecule is COc1cc(OCc2csc(N3CC4CCC(C3)O4)n2)c2cc(-c3cn4c(n3)SC(OC)N4)oc2c1. The molecule has 1 aromatic carbocycles. The van der Waals surface area contributed by atoms with Gasteiger partial charge in [-0.05, 0) is 30.7 Å². The van der Waals surface area contributed by atoms with Crippen molar-refractivity contribution < 1.29 is 23.4 Å². The van der Waals surface area contributed by atoms with Crippen LogP contribution >= 0.6 is 23.1 Å². The third-order valence-corrected chi connectivity index (χ3v) is 8.60. The molecule has 1 N–H and O–H groups in total. The number of aromatic nitrogens is 3. The first-order valence-electron chi connectivity index (χ1n) is 11.8. The molecule has 0 saturated carbocycles. The molecular formula is C24H25N5O5S2. The van der Waals surface area contributed by atoms with Crippen LogP contribution in [0.1, 0.15) is 18.5 Å². The van der Waals surface area contributed by atoms with Gasteiger partial charge in [0.2, 0.25) is 0 Å². The van der Waals surface area contributed by atoms with Crippen molar-refractivity contribution in [1.82, 2.24) is 14.6 Å². The van der Waals surface area contributed by atoms with Gasteiger partial charge < -0.3 is 28.3 Å². The first kappa shape index (κ1) is 22.3. The zero-order chi connectivity index (χ0) is 24.2. The molecule has 0 aliphatic carbocycles. The molecule has 3 atom stereocenters. The minimum atomic E-state index is -0.147. The van der Waals surface area contributed by atoms with Gasteiger partial charge in [-0.2, -0.15) is 0 Å². The van der Waals surface area contributed by atoms with Crippen molar-refractivity contribution in [2.45, 2.75) is 42.4 Å². The van der Waals surface area contributed by atoms with E-state index in [1.807, 2.05) is 29.1 Å². The number of morpholine rings is 1. The van der Waals surface area contributed by atoms with Crippen molar-refractivity contribution in [3.05, 3.63) is 35.5 Å². The molecule has 0 amide bonds. The van der Waals surface area contributed by atoms with E-state index < -0.39 is 0 Å². The van der Waals surface area contributed by atoms with E-state index in [0.717, 1.165) is 53.0 Å². The number of rotatable bonds is 7. The molecule has 3 aliphatic heterocycles. The molecule has 12 heteroatoms. The summed E-state index contributed by atoms with van der Waals surface area (Å²) in [7, 11) is 3.29. The lowest BCUT2D eigenvalue weighted by atomic mass is 10.2. The highest BCUT2D eigenvalue weighted by molar-refractivity contribution is 7.99. The van der Waals surface area contributed by atoms with Crippen molar-refractivity contribution >= 4 is 39.2 Å². The summed E-state index contributed by atoms with van der Waals surface area (Å²) in [6.45, 7) is 2.18. The number of benzene rings is 1. The number of methoxy groups -OCH3 is 2. The molecule has 3 unspecified atom stereocenters. The maximum atomic E-state index is 6.24. The summed E-state index contributed by atoms with van der Waals surface area (Å²) in [6, 6.07) is 5.69. The summed E-state index contributed by atoms with van der Waals surface area (Å²) in [5, 5.41) is 4.77. The number of fused-ring (bicyclic) bond motifs is 4. The standard InChI is InChI=1S/C24H25N5O5S2/c1-30-16-5-19(32-11-13-12-35-22(25-13)28-8-14-3-4-15(9-28)33-14)17-7-21(34-20(17)6-16)18-10-29-23(26-18)36-24(27-29)31-2/h5-7,10,12,14-15,24,27H,3-4,8-9,11H2,1-2H3. The lowest BCUT2D eigenvalue weighted by Crippen LogP contribution is -2.42. The number of hydrogen-bond donors (Lipinski definition) is 1. The second kappa shape index (κ2) is 8.87. The van der Waals surface area contributed by atoms with Gasteiger partial charge in [0.1, 0.15) is 29.4 Å². The van der Waals surface area contributed by atoms with Gasteiger partial charge in [0.05, 0.1) is 36.6 Å². The molecule has 10 nitrogen and oxygen atoms in total. The molecule has 2 fully saturated rings. The lowest BCUT2D eigenvalue weighted by molar-refractivity contribution is 0.0304. The number of nitrogens with zero attached hydrogens (tertiary/aromatic N) is 4. The van der Waals surface area contributed by atoms with E-state index in [1.54, 1.807) is 25.6 Å². The van der Waals surface area contributed by atoms with E-state index in [2.05, 4.69) is 20.7 Å². The van der Waals surface area contributed by atoms with Crippen LogP contribution in [0.15, 0.2) is 39.3 Å². The topological polar surface area (TPSA) is 96.0 Å². The van der Waals surface area contributed by atoms with E-state index in [0.29, 0.717) is 41.7 Å². The highest BCUT2D eigenvalue weighted by Crippen LogP contribution is 2.39. The molecule has 3 aromatic heterocycles. The molecule has 2 saturated heterocycles. The van der Waals surface area contributed by atoms with Crippen LogP contribution in [-0.4, -0.2) is 59.7 Å². The van der Waals surface area contributed by atoms with Crippen LogP contribution in [0.25, 0.3) is 22.4 Å². The van der Waals surface area contributed by atoms with Gasteiger partial charge in [-0.25, -0.2) is 14.6 Å². The van der Waals surface area contributed by atoms with Crippen molar-refractivity contribution in [1.29, 1.82) is 0 Å². The molecule has 3 aliphatic rings. The minimum Gasteiger partial charge on any atom is -0.496 e. The molecule has 6 heterocycles. The molecule has 0 radical (unpaired) electrons. The molecule has 36 heavy (non-hydrogen) atoms. The molecule has 2 bridgehead atoms. The first-order valence-corrected chi connectivity index (χ1v) is 13.6. The van der Waals surface area contributed by atoms with Crippen LogP contribution in [0.5, 0.6) is 11.5 Å². The summed E-state index contributed by atoms with van der Waals surface area (Å²) in [5.74, 6) is 1.99. The Bertz CT molecular complexity index is 1380. The Morgan fingerprint density at radius 3 is 2.78 bits per heavy atom. The fourth-order valence-corrected chi connectivity index (χ4v) is 6.53. The van der Waals surface area contributed by atoms with Gasteiger partial charge in [-0.15, -0.1) is 11.3 Å². The lowest BCUT2D eigenvalue weighted by Gasteiger charge is -2.31. The number of thioether (sulfide) groups is 1. The van der Waals surface area contributed by atoms with Crippen LogP contribution in [0.4, 0.5) is 5.13 Å². The van der Waals surface area contributed by atoms with Crippen LogP contribution in [0.3, 0.4) is 0 Å². The highest BCUT2D eigenvalue weighted by atomic mass is 32.2. The van der Waals surface area contributed by atoms with Crippen molar-refractivity contribution in [2.75, 3.05) is 37.6 Å². The Morgan fingerprint density at radius 2 is 2.00 bits per heavy atom. The number of thiazole rings is 1. The fourth-order valence-electron chi connectivity index (χ4n) is 4.87. The van der Waals surface area contributed by atoms with E-state index in [4.69, 9.17) is 28.3 Å². The number of hydrogen-bond acceptors (Lipinski definition) is 11. The van der Waals surface area contributed by atoms with Crippen molar-refractivity contribution in [3.63, 3.8) is 0 Å². The number of nitrogens with one attached hydrogen (secondary N) is 1. The average molecular weight is 528 g/mol. The molecule has 0 spiro atoms. The smallest absolute Gasteiger partial charge is 0.196 e. The summed E-state index contributed by atoms with van der Waals surface area (Å²) in [4.78, 5) is 11.9. The van der Waals surface area contributed by atoms with E-state index in [1.165, 1.54) is 11.8 Å². The average Bonchev–Trinajstić information content (AvgIpc) is 3.70. The van der Waals surface area contributed by atoms with Crippen LogP contribution in [0.2, 0.25) is 0 Å². The van der Waals surface area contributed by atoms with Crippen molar-refractivity contribution in [2.24, 2.45) is 0 Å². The van der Waals surface area contributed by atoms with E-state index in [9.17, 15) is 0 Å². The summed E-state index contributed by atoms with van der Waals surface area (Å²) in [5.41, 5.74) is 5.35. The monoisotopic (exact) mass is 527 g/mol. The molecule has 188 valence electrons. The molecule has 4 aromatic rings. The number of furan rings is 1. The quantitative estimate of drug-likeness (QED) is 0.375. The minimum absolute atomic E-state index is 0.147. The second-order valence-corrected chi connectivity index (χ2v) is 10.9. The fraction of sp³-hybridized carbons (Fsp3) is 0.417. The Morgan fingerprint density at radius 1 is 1.14 bits per heavy atom. The number of imidazole rings is 1. The van der Waals surface area contributed by atoms with Crippen LogP contribution in [-0.2, 0) is 16.1 Å². The second-order valence-electron chi connectivity index (χ2n) is 9.01. The zero-order valence-electron chi connectivity index (χ0n) is 19.8. The largest absolute Gasteiger partial charge is 0.496 e. The van der Waals surface area contributed by atoms with Gasteiger partial charge in [-0.3, -0.25) is 5.43 Å². The predicted molar refractivity (Wildman–Crippen MR) is 137 cm³/mol. The Labute approximate surface area is 215 Å². The van der Waals surface area contributed by atoms with E-state index >= 15 is 0 Å². The predicted octanol–water partition coefficient (Wildman–Crippen LogP) is 4.29. The maximum Gasteiger partial charge on any atom is 0.196 e. The summed E-state index contributed by atoms with van der Waals surface area (Å²) < 4.78 is 31.0. The number of ether oxygens (including phenoxy) is 4. The third kappa shape index (κ3) is 3.97. The summed E-state index contributed by atoms with van der Waals surface area (Å²) in [6.07, 6.45) is 4.85. The van der Waals surface area contributed by atoms with Gasteiger partial charge >= 0.3 is 0 Å². The Kier molecular flexibility index (Phi) is 5.49. The summed E-state index contributed by atoms with van der Waals surface area (Å²) >= 11 is 3.16. The van der Waals surface area contributed by atoms with Gasteiger partial charge in [0, 0.05) is 37.7 Å². The molecular weight excluding hydrogens is 502 g/mol. The Balaban J connectivity index is 1.11. The number of anilines is 1. The normalized spacial score (nSPS) is 22.7. The van der Waals surface area contributed by atoms with Crippen LogP contribution in [0, 0.1) is 0 Å². The van der Waals surface area contributed by atoms with Gasteiger partial charge in [0.15, 0.2) is 21.6 Å². The van der Waals surface area contributed by atoms with E-state index in [-0.39, 0.29) is 5.56 Å². The van der Waals surface area contributed by atoms with Crippen LogP contribution < -0.4 is 19.8 Å². The Hall–Kier alpha value is -2.93. The molecule has 7 rings (SSSR count). The van der Waals surface area contributed by atoms with Gasteiger partial charge in [0.25, 0.3) is 0 Å². The van der Waals surface area contributed by atoms with Gasteiger partial charge in [-0.1, -0.05) is 0 Å². The van der Waals surface area contributed by atoms with Crippen molar-refractivity contribution in [3.8, 4) is 23.0 Å². The highest BCUT2D eigenvalue weighted by Gasteiger charge is 2.34. The zero-order valence-corrected chi connectivity index (χ0v) is 21.4. The first-order chi connectivity index (χ1) is 17.6. The maximum absolute atomic E-state index is 6.24.